The van der Waals surface area contributed by atoms with E-state index in [-0.39, 0.29) is 5.91 Å². The normalized spacial score (nSPS) is 23.1. The maximum Gasteiger partial charge on any atom is 0.220 e. The molecule has 2 atom stereocenters. The third kappa shape index (κ3) is 4.02. The zero-order valence-electron chi connectivity index (χ0n) is 14.4. The molecule has 2 fully saturated rings. The molecule has 0 saturated carbocycles. The van der Waals surface area contributed by atoms with E-state index < -0.39 is 0 Å². The second-order valence-corrected chi connectivity index (χ2v) is 7.08. The van der Waals surface area contributed by atoms with Crippen molar-refractivity contribution in [2.75, 3.05) is 13.1 Å². The lowest BCUT2D eigenvalue weighted by atomic mass is 9.93. The monoisotopic (exact) mass is 336 g/mol. The number of fused-ring (bicyclic) bond motifs is 1. The molecule has 0 bridgehead atoms. The summed E-state index contributed by atoms with van der Waals surface area (Å²) in [4.78, 5) is 14.0. The van der Waals surface area contributed by atoms with Crippen molar-refractivity contribution in [3.63, 3.8) is 0 Å². The van der Waals surface area contributed by atoms with Crippen LogP contribution in [-0.4, -0.2) is 29.9 Å². The molecule has 2 heterocycles. The van der Waals surface area contributed by atoms with Crippen molar-refractivity contribution >= 4 is 5.91 Å². The van der Waals surface area contributed by atoms with Gasteiger partial charge in [0.15, 0.2) is 0 Å². The Kier molecular flexibility index (Phi) is 4.70. The lowest BCUT2D eigenvalue weighted by molar-refractivity contribution is -0.119. The van der Waals surface area contributed by atoms with Crippen molar-refractivity contribution in [2.24, 2.45) is 5.92 Å². The van der Waals surface area contributed by atoms with Crippen LogP contribution in [0.25, 0.3) is 0 Å². The van der Waals surface area contributed by atoms with Crippen LogP contribution in [-0.2, 0) is 17.9 Å². The van der Waals surface area contributed by atoms with E-state index in [1.165, 1.54) is 11.1 Å². The van der Waals surface area contributed by atoms with Gasteiger partial charge < -0.3 is 10.1 Å². The number of carbonyl (C=O) groups is 1. The first-order valence-electron chi connectivity index (χ1n) is 9.04. The first-order valence-corrected chi connectivity index (χ1v) is 9.04. The van der Waals surface area contributed by atoms with E-state index in [0.29, 0.717) is 25.0 Å². The van der Waals surface area contributed by atoms with Crippen molar-refractivity contribution in [1.29, 1.82) is 0 Å². The lowest BCUT2D eigenvalue weighted by Gasteiger charge is -2.34. The Morgan fingerprint density at radius 2 is 1.92 bits per heavy atom. The van der Waals surface area contributed by atoms with Gasteiger partial charge in [-0.25, -0.2) is 0 Å². The topological polar surface area (TPSA) is 41.6 Å². The van der Waals surface area contributed by atoms with E-state index in [1.54, 1.807) is 0 Å². The second-order valence-electron chi connectivity index (χ2n) is 7.08. The molecule has 25 heavy (non-hydrogen) atoms. The molecule has 2 aliphatic rings. The Balaban J connectivity index is 1.34. The van der Waals surface area contributed by atoms with E-state index in [1.807, 2.05) is 24.3 Å². The minimum atomic E-state index is 0.216. The average Bonchev–Trinajstić information content (AvgIpc) is 3.00. The zero-order chi connectivity index (χ0) is 17.1. The van der Waals surface area contributed by atoms with Gasteiger partial charge in [-0.3, -0.25) is 9.69 Å². The molecule has 130 valence electrons. The summed E-state index contributed by atoms with van der Waals surface area (Å²) < 4.78 is 5.93. The highest BCUT2D eigenvalue weighted by Gasteiger charge is 2.36. The summed E-state index contributed by atoms with van der Waals surface area (Å²) in [6, 6.07) is 19.0. The van der Waals surface area contributed by atoms with E-state index in [0.717, 1.165) is 31.8 Å². The number of piperidine rings is 1. The molecule has 4 nitrogen and oxygen atoms in total. The minimum Gasteiger partial charge on any atom is -0.489 e. The van der Waals surface area contributed by atoms with E-state index in [9.17, 15) is 4.79 Å². The SMILES string of the molecule is O=C1C[C@@H]2CN(Cc3cccc(OCc4ccccc4)c3)CC[C@@H]2N1. The number of hydrogen-bond acceptors (Lipinski definition) is 3. The molecule has 2 aromatic rings. The first-order chi connectivity index (χ1) is 12.3. The van der Waals surface area contributed by atoms with Crippen LogP contribution in [0.3, 0.4) is 0 Å². The molecule has 2 aromatic carbocycles. The van der Waals surface area contributed by atoms with Crippen molar-refractivity contribution < 1.29 is 9.53 Å². The van der Waals surface area contributed by atoms with Crippen molar-refractivity contribution in [3.05, 3.63) is 65.7 Å². The van der Waals surface area contributed by atoms with Gasteiger partial charge in [-0.1, -0.05) is 42.5 Å². The number of carbonyl (C=O) groups excluding carboxylic acids is 1. The number of ether oxygens (including phenoxy) is 1. The fourth-order valence-corrected chi connectivity index (χ4v) is 3.88. The molecule has 2 aliphatic heterocycles. The Morgan fingerprint density at radius 1 is 1.08 bits per heavy atom. The van der Waals surface area contributed by atoms with Crippen molar-refractivity contribution in [1.82, 2.24) is 10.2 Å². The molecule has 0 radical (unpaired) electrons. The summed E-state index contributed by atoms with van der Waals surface area (Å²) in [5.41, 5.74) is 2.44. The molecule has 0 spiro atoms. The van der Waals surface area contributed by atoms with Gasteiger partial charge in [-0.05, 0) is 29.7 Å². The van der Waals surface area contributed by atoms with Crippen LogP contribution in [0.5, 0.6) is 5.75 Å². The van der Waals surface area contributed by atoms with Gasteiger partial charge in [-0.15, -0.1) is 0 Å². The summed E-state index contributed by atoms with van der Waals surface area (Å²) in [7, 11) is 0. The fourth-order valence-electron chi connectivity index (χ4n) is 3.88. The zero-order valence-corrected chi connectivity index (χ0v) is 14.4. The number of benzene rings is 2. The highest BCUT2D eigenvalue weighted by molar-refractivity contribution is 5.79. The number of nitrogens with zero attached hydrogens (tertiary/aromatic N) is 1. The average molecular weight is 336 g/mol. The number of hydrogen-bond donors (Lipinski definition) is 1. The summed E-state index contributed by atoms with van der Waals surface area (Å²) >= 11 is 0. The third-order valence-electron chi connectivity index (χ3n) is 5.16. The van der Waals surface area contributed by atoms with Gasteiger partial charge in [0.05, 0.1) is 0 Å². The predicted octanol–water partition coefficient (Wildman–Crippen LogP) is 2.98. The van der Waals surface area contributed by atoms with Gasteiger partial charge in [0, 0.05) is 38.0 Å². The molecule has 1 amide bonds. The Morgan fingerprint density at radius 3 is 2.80 bits per heavy atom. The molecule has 1 N–H and O–H groups in total. The lowest BCUT2D eigenvalue weighted by Crippen LogP contribution is -2.44. The largest absolute Gasteiger partial charge is 0.489 e. The smallest absolute Gasteiger partial charge is 0.220 e. The molecule has 0 aromatic heterocycles. The summed E-state index contributed by atoms with van der Waals surface area (Å²) in [6.07, 6.45) is 1.74. The van der Waals surface area contributed by atoms with Crippen LogP contribution < -0.4 is 10.1 Å². The maximum atomic E-state index is 11.6. The van der Waals surface area contributed by atoms with Gasteiger partial charge in [0.25, 0.3) is 0 Å². The Bertz CT molecular complexity index is 732. The maximum absolute atomic E-state index is 11.6. The third-order valence-corrected chi connectivity index (χ3v) is 5.16. The van der Waals surface area contributed by atoms with Crippen molar-refractivity contribution in [3.8, 4) is 5.75 Å². The predicted molar refractivity (Wildman–Crippen MR) is 97.1 cm³/mol. The quantitative estimate of drug-likeness (QED) is 0.913. The molecular formula is C21H24N2O2. The van der Waals surface area contributed by atoms with E-state index in [2.05, 4.69) is 40.5 Å². The summed E-state index contributed by atoms with van der Waals surface area (Å²) in [5.74, 6) is 1.60. The van der Waals surface area contributed by atoms with E-state index in [4.69, 9.17) is 4.74 Å². The molecule has 2 saturated heterocycles. The standard InChI is InChI=1S/C21H24N2O2/c24-21-12-18-14-23(10-9-20(18)22-21)13-17-7-4-8-19(11-17)25-15-16-5-2-1-3-6-16/h1-8,11,18,20H,9-10,12-15H2,(H,22,24)/t18-,20+/m1/s1. The molecular weight excluding hydrogens is 312 g/mol. The summed E-state index contributed by atoms with van der Waals surface area (Å²) in [6.45, 7) is 3.54. The van der Waals surface area contributed by atoms with Gasteiger partial charge >= 0.3 is 0 Å². The summed E-state index contributed by atoms with van der Waals surface area (Å²) in [5, 5.41) is 3.10. The van der Waals surface area contributed by atoms with Gasteiger partial charge in [0.1, 0.15) is 12.4 Å². The van der Waals surface area contributed by atoms with E-state index >= 15 is 0 Å². The number of nitrogens with one attached hydrogen (secondary N) is 1. The van der Waals surface area contributed by atoms with Gasteiger partial charge in [-0.2, -0.15) is 0 Å². The molecule has 0 unspecified atom stereocenters. The van der Waals surface area contributed by atoms with Crippen LogP contribution in [0.1, 0.15) is 24.0 Å². The Hall–Kier alpha value is -2.33. The Labute approximate surface area is 148 Å². The minimum absolute atomic E-state index is 0.216. The van der Waals surface area contributed by atoms with Crippen LogP contribution in [0.2, 0.25) is 0 Å². The first kappa shape index (κ1) is 16.2. The number of likely N-dealkylation sites (tertiary alicyclic amines) is 1. The molecule has 4 heteroatoms. The highest BCUT2D eigenvalue weighted by Crippen LogP contribution is 2.26. The second kappa shape index (κ2) is 7.28. The number of rotatable bonds is 5. The van der Waals surface area contributed by atoms with Crippen molar-refractivity contribution in [2.45, 2.75) is 32.0 Å². The van der Waals surface area contributed by atoms with Crippen LogP contribution >= 0.6 is 0 Å². The van der Waals surface area contributed by atoms with Crippen LogP contribution in [0.15, 0.2) is 54.6 Å². The molecule has 4 rings (SSSR count). The van der Waals surface area contributed by atoms with Crippen LogP contribution in [0.4, 0.5) is 0 Å². The fraction of sp³-hybridized carbons (Fsp3) is 0.381. The highest BCUT2D eigenvalue weighted by atomic mass is 16.5. The van der Waals surface area contributed by atoms with Gasteiger partial charge in [0.2, 0.25) is 5.91 Å². The van der Waals surface area contributed by atoms with Crippen LogP contribution in [0, 0.1) is 5.92 Å². The molecule has 0 aliphatic carbocycles. The number of amides is 1.